The topological polar surface area (TPSA) is 39.2 Å². The largest absolute Gasteiger partial charge is 0.467 e. The molecule has 1 aliphatic rings. The fourth-order valence-electron chi connectivity index (χ4n) is 1.61. The van der Waals surface area contributed by atoms with Crippen molar-refractivity contribution in [3.63, 3.8) is 0 Å². The Morgan fingerprint density at radius 2 is 2.18 bits per heavy atom. The summed E-state index contributed by atoms with van der Waals surface area (Å²) in [5, 5.41) is 0. The molecule has 1 heterocycles. The molecule has 2 N–H and O–H groups in total. The van der Waals surface area contributed by atoms with E-state index in [9.17, 15) is 0 Å². The highest BCUT2D eigenvalue weighted by atomic mass is 16.3. The monoisotopic (exact) mass is 151 g/mol. The Bertz CT molecular complexity index is 263. The standard InChI is InChI=1S/C9H13NO/c1-8(2)6-9(8,10)7-4-3-5-11-7/h3-5H,6,10H2,1-2H3. The molecule has 0 aromatic carbocycles. The molecule has 1 fully saturated rings. The molecular formula is C9H13NO. The van der Waals surface area contributed by atoms with Crippen LogP contribution in [0, 0.1) is 5.41 Å². The minimum Gasteiger partial charge on any atom is -0.467 e. The molecule has 1 aliphatic carbocycles. The Morgan fingerprint density at radius 3 is 2.55 bits per heavy atom. The first-order valence-electron chi connectivity index (χ1n) is 3.89. The minimum absolute atomic E-state index is 0.198. The first kappa shape index (κ1) is 6.92. The van der Waals surface area contributed by atoms with Crippen molar-refractivity contribution in [3.8, 4) is 0 Å². The van der Waals surface area contributed by atoms with Crippen molar-refractivity contribution < 1.29 is 4.42 Å². The quantitative estimate of drug-likeness (QED) is 0.665. The van der Waals surface area contributed by atoms with Crippen molar-refractivity contribution in [2.45, 2.75) is 25.8 Å². The molecule has 0 bridgehead atoms. The van der Waals surface area contributed by atoms with E-state index in [0.29, 0.717) is 0 Å². The van der Waals surface area contributed by atoms with Crippen molar-refractivity contribution in [1.82, 2.24) is 0 Å². The van der Waals surface area contributed by atoms with E-state index in [2.05, 4.69) is 13.8 Å². The summed E-state index contributed by atoms with van der Waals surface area (Å²) in [6.07, 6.45) is 2.70. The highest BCUT2D eigenvalue weighted by molar-refractivity contribution is 5.27. The van der Waals surface area contributed by atoms with Crippen molar-refractivity contribution in [2.75, 3.05) is 0 Å². The van der Waals surface area contributed by atoms with Gasteiger partial charge >= 0.3 is 0 Å². The van der Waals surface area contributed by atoms with Crippen LogP contribution in [0.15, 0.2) is 22.8 Å². The molecule has 1 aromatic heterocycles. The summed E-state index contributed by atoms with van der Waals surface area (Å²) < 4.78 is 5.27. The van der Waals surface area contributed by atoms with Gasteiger partial charge in [0, 0.05) is 0 Å². The fraction of sp³-hybridized carbons (Fsp3) is 0.556. The van der Waals surface area contributed by atoms with Gasteiger partial charge < -0.3 is 10.2 Å². The van der Waals surface area contributed by atoms with Gasteiger partial charge in [-0.1, -0.05) is 13.8 Å². The summed E-state index contributed by atoms with van der Waals surface area (Å²) in [6.45, 7) is 4.32. The van der Waals surface area contributed by atoms with E-state index in [4.69, 9.17) is 10.2 Å². The van der Waals surface area contributed by atoms with Gasteiger partial charge in [0.05, 0.1) is 11.8 Å². The van der Waals surface area contributed by atoms with Crippen LogP contribution < -0.4 is 5.73 Å². The zero-order valence-corrected chi connectivity index (χ0v) is 6.92. The van der Waals surface area contributed by atoms with Gasteiger partial charge in [-0.3, -0.25) is 0 Å². The van der Waals surface area contributed by atoms with E-state index in [1.807, 2.05) is 12.1 Å². The summed E-state index contributed by atoms with van der Waals surface area (Å²) in [5.74, 6) is 0.919. The Labute approximate surface area is 66.4 Å². The maximum absolute atomic E-state index is 6.10. The van der Waals surface area contributed by atoms with Crippen LogP contribution in [-0.4, -0.2) is 0 Å². The molecule has 60 valence electrons. The second kappa shape index (κ2) is 1.69. The van der Waals surface area contributed by atoms with Crippen molar-refractivity contribution in [1.29, 1.82) is 0 Å². The maximum atomic E-state index is 6.10. The smallest absolute Gasteiger partial charge is 0.124 e. The van der Waals surface area contributed by atoms with Crippen LogP contribution in [0.1, 0.15) is 26.0 Å². The second-order valence-electron chi connectivity index (χ2n) is 4.01. The third-order valence-electron chi connectivity index (χ3n) is 2.76. The first-order valence-corrected chi connectivity index (χ1v) is 3.89. The summed E-state index contributed by atoms with van der Waals surface area (Å²) in [7, 11) is 0. The van der Waals surface area contributed by atoms with Gasteiger partial charge in [-0.05, 0) is 24.0 Å². The molecule has 2 heteroatoms. The van der Waals surface area contributed by atoms with Crippen molar-refractivity contribution in [2.24, 2.45) is 11.1 Å². The molecule has 0 aliphatic heterocycles. The third-order valence-corrected chi connectivity index (χ3v) is 2.76. The number of furan rings is 1. The van der Waals surface area contributed by atoms with Crippen LogP contribution in [0.3, 0.4) is 0 Å². The van der Waals surface area contributed by atoms with Gasteiger partial charge in [0.2, 0.25) is 0 Å². The van der Waals surface area contributed by atoms with Gasteiger partial charge in [0.15, 0.2) is 0 Å². The first-order chi connectivity index (χ1) is 5.06. The zero-order valence-electron chi connectivity index (χ0n) is 6.92. The lowest BCUT2D eigenvalue weighted by molar-refractivity contribution is 0.400. The fourth-order valence-corrected chi connectivity index (χ4v) is 1.61. The van der Waals surface area contributed by atoms with Crippen molar-refractivity contribution >= 4 is 0 Å². The zero-order chi connectivity index (χ0) is 8.11. The molecule has 1 aromatic rings. The highest BCUT2D eigenvalue weighted by Crippen LogP contribution is 2.60. The van der Waals surface area contributed by atoms with Crippen molar-refractivity contribution in [3.05, 3.63) is 24.2 Å². The lowest BCUT2D eigenvalue weighted by Crippen LogP contribution is -2.24. The van der Waals surface area contributed by atoms with Crippen LogP contribution in [0.2, 0.25) is 0 Å². The van der Waals surface area contributed by atoms with Gasteiger partial charge in [-0.25, -0.2) is 0 Å². The minimum atomic E-state index is -0.198. The summed E-state index contributed by atoms with van der Waals surface area (Å²) in [4.78, 5) is 0. The molecular weight excluding hydrogens is 138 g/mol. The molecule has 11 heavy (non-hydrogen) atoms. The van der Waals surface area contributed by atoms with E-state index in [-0.39, 0.29) is 11.0 Å². The van der Waals surface area contributed by atoms with Gasteiger partial charge in [-0.2, -0.15) is 0 Å². The molecule has 0 amide bonds. The number of nitrogens with two attached hydrogens (primary N) is 1. The molecule has 1 saturated carbocycles. The lowest BCUT2D eigenvalue weighted by Gasteiger charge is -2.10. The Morgan fingerprint density at radius 1 is 1.55 bits per heavy atom. The number of hydrogen-bond donors (Lipinski definition) is 1. The third kappa shape index (κ3) is 0.760. The maximum Gasteiger partial charge on any atom is 0.124 e. The normalized spacial score (nSPS) is 33.7. The van der Waals surface area contributed by atoms with Crippen LogP contribution in [0.5, 0.6) is 0 Å². The molecule has 1 unspecified atom stereocenters. The van der Waals surface area contributed by atoms with E-state index in [1.165, 1.54) is 0 Å². The van der Waals surface area contributed by atoms with Gasteiger partial charge in [0.1, 0.15) is 5.76 Å². The molecule has 0 spiro atoms. The van der Waals surface area contributed by atoms with E-state index in [0.717, 1.165) is 12.2 Å². The Balaban J connectivity index is 2.33. The second-order valence-corrected chi connectivity index (χ2v) is 4.01. The van der Waals surface area contributed by atoms with Gasteiger partial charge in [0.25, 0.3) is 0 Å². The average Bonchev–Trinajstić information content (AvgIpc) is 2.36. The predicted octanol–water partition coefficient (Wildman–Crippen LogP) is 1.86. The van der Waals surface area contributed by atoms with E-state index >= 15 is 0 Å². The molecule has 2 rings (SSSR count). The highest BCUT2D eigenvalue weighted by Gasteiger charge is 2.61. The van der Waals surface area contributed by atoms with Crippen LogP contribution in [0.25, 0.3) is 0 Å². The van der Waals surface area contributed by atoms with Crippen LogP contribution in [-0.2, 0) is 5.54 Å². The molecule has 1 atom stereocenters. The molecule has 0 saturated heterocycles. The average molecular weight is 151 g/mol. The molecule has 0 radical (unpaired) electrons. The van der Waals surface area contributed by atoms with E-state index < -0.39 is 0 Å². The number of rotatable bonds is 1. The summed E-state index contributed by atoms with van der Waals surface area (Å²) >= 11 is 0. The van der Waals surface area contributed by atoms with E-state index in [1.54, 1.807) is 6.26 Å². The summed E-state index contributed by atoms with van der Waals surface area (Å²) in [5.41, 5.74) is 6.11. The Hall–Kier alpha value is -0.760. The summed E-state index contributed by atoms with van der Waals surface area (Å²) in [6, 6.07) is 3.84. The molecule has 2 nitrogen and oxygen atoms in total. The lowest BCUT2D eigenvalue weighted by atomic mass is 10.0. The predicted molar refractivity (Wildman–Crippen MR) is 43.0 cm³/mol. The number of hydrogen-bond acceptors (Lipinski definition) is 2. The van der Waals surface area contributed by atoms with Gasteiger partial charge in [-0.15, -0.1) is 0 Å². The van der Waals surface area contributed by atoms with Crippen LogP contribution >= 0.6 is 0 Å². The SMILES string of the molecule is CC1(C)CC1(N)c1ccco1. The Kier molecular flexibility index (Phi) is 1.07. The van der Waals surface area contributed by atoms with Crippen LogP contribution in [0.4, 0.5) is 0 Å².